The fourth-order valence-electron chi connectivity index (χ4n) is 3.35. The topological polar surface area (TPSA) is 113 Å². The van der Waals surface area contributed by atoms with Crippen LogP contribution in [0.4, 0.5) is 0 Å². The molecule has 0 atom stereocenters. The number of amides is 1. The summed E-state index contributed by atoms with van der Waals surface area (Å²) in [6.07, 6.45) is 1.29. The summed E-state index contributed by atoms with van der Waals surface area (Å²) < 4.78 is 24.6. The van der Waals surface area contributed by atoms with Gasteiger partial charge in [0.1, 0.15) is 5.01 Å². The molecule has 1 amide bonds. The highest BCUT2D eigenvalue weighted by atomic mass is 32.2. The van der Waals surface area contributed by atoms with Crippen LogP contribution >= 0.6 is 11.3 Å². The third kappa shape index (κ3) is 5.44. The number of carboxylic acid groups (broad SMARTS) is 1. The lowest BCUT2D eigenvalue weighted by Gasteiger charge is -2.05. The van der Waals surface area contributed by atoms with E-state index in [0.29, 0.717) is 10.6 Å². The summed E-state index contributed by atoms with van der Waals surface area (Å²) in [6.45, 7) is 0.228. The normalized spacial score (nSPS) is 11.4. The summed E-state index contributed by atoms with van der Waals surface area (Å²) in [5.41, 5.74) is 3.29. The van der Waals surface area contributed by atoms with E-state index in [0.717, 1.165) is 21.3 Å². The maximum absolute atomic E-state index is 12.4. The number of aromatic nitrogens is 1. The summed E-state index contributed by atoms with van der Waals surface area (Å²) in [5.74, 6) is -1.23. The third-order valence-electron chi connectivity index (χ3n) is 5.00. The van der Waals surface area contributed by atoms with Crippen molar-refractivity contribution in [3.8, 4) is 11.1 Å². The molecule has 168 valence electrons. The van der Waals surface area contributed by atoms with Gasteiger partial charge in [0.15, 0.2) is 9.84 Å². The second-order valence-corrected chi connectivity index (χ2v) is 10.7. The van der Waals surface area contributed by atoms with Crippen molar-refractivity contribution in [3.05, 3.63) is 82.9 Å². The number of thiazole rings is 1. The predicted octanol–water partition coefficient (Wildman–Crippen LogP) is 3.92. The minimum atomic E-state index is -3.30. The number of benzene rings is 3. The van der Waals surface area contributed by atoms with Gasteiger partial charge in [-0.2, -0.15) is 0 Å². The lowest BCUT2D eigenvalue weighted by Crippen LogP contribution is -2.24. The van der Waals surface area contributed by atoms with E-state index in [4.69, 9.17) is 5.11 Å². The van der Waals surface area contributed by atoms with Crippen molar-refractivity contribution in [1.82, 2.24) is 10.3 Å². The molecular formula is C24H20N2O5S2. The summed E-state index contributed by atoms with van der Waals surface area (Å²) in [4.78, 5) is 28.2. The van der Waals surface area contributed by atoms with Crippen molar-refractivity contribution in [1.29, 1.82) is 0 Å². The van der Waals surface area contributed by atoms with Gasteiger partial charge in [-0.25, -0.2) is 18.2 Å². The van der Waals surface area contributed by atoms with Crippen molar-refractivity contribution < 1.29 is 23.1 Å². The van der Waals surface area contributed by atoms with Crippen molar-refractivity contribution in [2.45, 2.75) is 17.9 Å². The van der Waals surface area contributed by atoms with Gasteiger partial charge >= 0.3 is 5.97 Å². The van der Waals surface area contributed by atoms with Gasteiger partial charge in [0.25, 0.3) is 0 Å². The number of nitrogens with zero attached hydrogens (tertiary/aromatic N) is 1. The van der Waals surface area contributed by atoms with Crippen molar-refractivity contribution in [3.63, 3.8) is 0 Å². The molecule has 0 unspecified atom stereocenters. The molecule has 0 spiro atoms. The first-order valence-corrected chi connectivity index (χ1v) is 12.7. The molecule has 4 aromatic rings. The Morgan fingerprint density at radius 2 is 1.76 bits per heavy atom. The van der Waals surface area contributed by atoms with Crippen LogP contribution < -0.4 is 5.32 Å². The summed E-state index contributed by atoms with van der Waals surface area (Å²) >= 11 is 1.40. The van der Waals surface area contributed by atoms with E-state index >= 15 is 0 Å². The smallest absolute Gasteiger partial charge is 0.335 e. The number of carboxylic acids is 1. The second-order valence-electron chi connectivity index (χ2n) is 7.55. The molecule has 0 radical (unpaired) electrons. The second kappa shape index (κ2) is 9.13. The van der Waals surface area contributed by atoms with Gasteiger partial charge in [0.2, 0.25) is 5.91 Å². The molecule has 0 fully saturated rings. The Morgan fingerprint density at radius 3 is 2.52 bits per heavy atom. The Bertz CT molecular complexity index is 1480. The van der Waals surface area contributed by atoms with Crippen molar-refractivity contribution in [2.75, 3.05) is 6.26 Å². The highest BCUT2D eigenvalue weighted by Crippen LogP contribution is 2.29. The molecule has 0 bridgehead atoms. The van der Waals surface area contributed by atoms with Gasteiger partial charge in [-0.1, -0.05) is 30.3 Å². The molecule has 9 heteroatoms. The SMILES string of the molecule is CS(=O)(=O)c1cccc(-c2ccc3nc(CC(=O)NCc4cccc(C(=O)O)c4)sc3c2)c1. The van der Waals surface area contributed by atoms with Gasteiger partial charge in [-0.05, 0) is 53.1 Å². The zero-order chi connectivity index (χ0) is 23.6. The molecule has 2 N–H and O–H groups in total. The van der Waals surface area contributed by atoms with Gasteiger partial charge in [-0.3, -0.25) is 4.79 Å². The zero-order valence-corrected chi connectivity index (χ0v) is 19.2. The number of rotatable bonds is 7. The average Bonchev–Trinajstić information content (AvgIpc) is 3.18. The van der Waals surface area contributed by atoms with Crippen LogP contribution in [0.25, 0.3) is 21.3 Å². The summed E-state index contributed by atoms with van der Waals surface area (Å²) in [5, 5.41) is 12.5. The molecule has 0 aliphatic carbocycles. The van der Waals surface area contributed by atoms with E-state index in [1.807, 2.05) is 24.3 Å². The minimum absolute atomic E-state index is 0.108. The molecule has 0 saturated heterocycles. The summed E-state index contributed by atoms with van der Waals surface area (Å²) in [6, 6.07) is 18.9. The van der Waals surface area contributed by atoms with Crippen LogP contribution in [0.3, 0.4) is 0 Å². The monoisotopic (exact) mass is 480 g/mol. The molecule has 7 nitrogen and oxygen atoms in total. The number of hydrogen-bond donors (Lipinski definition) is 2. The van der Waals surface area contributed by atoms with Crippen LogP contribution in [0.5, 0.6) is 0 Å². The number of carbonyl (C=O) groups is 2. The van der Waals surface area contributed by atoms with Crippen LogP contribution in [-0.4, -0.2) is 36.6 Å². The Hall–Kier alpha value is -3.56. The first kappa shape index (κ1) is 22.6. The Labute approximate surface area is 194 Å². The van der Waals surface area contributed by atoms with Gasteiger partial charge in [0.05, 0.1) is 27.1 Å². The highest BCUT2D eigenvalue weighted by Gasteiger charge is 2.12. The molecule has 4 rings (SSSR count). The predicted molar refractivity (Wildman–Crippen MR) is 127 cm³/mol. The summed E-state index contributed by atoms with van der Waals surface area (Å²) in [7, 11) is -3.30. The lowest BCUT2D eigenvalue weighted by molar-refractivity contribution is -0.120. The number of sulfone groups is 1. The third-order valence-corrected chi connectivity index (χ3v) is 7.13. The standard InChI is InChI=1S/C24H20N2O5S2/c1-33(30,31)19-7-3-5-16(11-19)17-8-9-20-21(12-17)32-23(26-20)13-22(27)25-14-15-4-2-6-18(10-15)24(28)29/h2-12H,13-14H2,1H3,(H,25,27)(H,28,29). The fourth-order valence-corrected chi connectivity index (χ4v) is 5.02. The van der Waals surface area contributed by atoms with Crippen LogP contribution in [0.1, 0.15) is 20.9 Å². The average molecular weight is 481 g/mol. The molecule has 1 aromatic heterocycles. The number of fused-ring (bicyclic) bond motifs is 1. The molecule has 0 aliphatic heterocycles. The maximum atomic E-state index is 12.4. The Kier molecular flexibility index (Phi) is 6.26. The largest absolute Gasteiger partial charge is 0.478 e. The highest BCUT2D eigenvalue weighted by molar-refractivity contribution is 7.90. The van der Waals surface area contributed by atoms with E-state index in [1.165, 1.54) is 29.7 Å². The molecular weight excluding hydrogens is 460 g/mol. The van der Waals surface area contributed by atoms with Gasteiger partial charge in [0, 0.05) is 12.8 Å². The van der Waals surface area contributed by atoms with Crippen LogP contribution in [-0.2, 0) is 27.6 Å². The zero-order valence-electron chi connectivity index (χ0n) is 17.6. The van der Waals surface area contributed by atoms with Crippen molar-refractivity contribution in [2.24, 2.45) is 0 Å². The van der Waals surface area contributed by atoms with Crippen LogP contribution in [0.2, 0.25) is 0 Å². The van der Waals surface area contributed by atoms with Crippen LogP contribution in [0, 0.1) is 0 Å². The maximum Gasteiger partial charge on any atom is 0.335 e. The van der Waals surface area contributed by atoms with Crippen molar-refractivity contribution >= 4 is 43.3 Å². The first-order chi connectivity index (χ1) is 15.7. The quantitative estimate of drug-likeness (QED) is 0.414. The Morgan fingerprint density at radius 1 is 1.00 bits per heavy atom. The van der Waals surface area contributed by atoms with E-state index in [-0.39, 0.29) is 29.3 Å². The van der Waals surface area contributed by atoms with E-state index in [9.17, 15) is 18.0 Å². The number of carbonyl (C=O) groups excluding carboxylic acids is 1. The van der Waals surface area contributed by atoms with E-state index in [2.05, 4.69) is 10.3 Å². The molecule has 3 aromatic carbocycles. The van der Waals surface area contributed by atoms with E-state index < -0.39 is 15.8 Å². The minimum Gasteiger partial charge on any atom is -0.478 e. The number of nitrogens with one attached hydrogen (secondary N) is 1. The van der Waals surface area contributed by atoms with Crippen LogP contribution in [0.15, 0.2) is 71.6 Å². The van der Waals surface area contributed by atoms with Gasteiger partial charge < -0.3 is 10.4 Å². The number of aromatic carboxylic acids is 1. The molecule has 1 heterocycles. The fraction of sp³-hybridized carbons (Fsp3) is 0.125. The first-order valence-electron chi connectivity index (χ1n) is 9.98. The molecule has 0 aliphatic rings. The molecule has 33 heavy (non-hydrogen) atoms. The number of hydrogen-bond acceptors (Lipinski definition) is 6. The lowest BCUT2D eigenvalue weighted by atomic mass is 10.1. The Balaban J connectivity index is 1.47. The van der Waals surface area contributed by atoms with E-state index in [1.54, 1.807) is 30.3 Å². The van der Waals surface area contributed by atoms with Gasteiger partial charge in [-0.15, -0.1) is 11.3 Å². The molecule has 0 saturated carbocycles.